The Labute approximate surface area is 166 Å². The van der Waals surface area contributed by atoms with Crippen LogP contribution in [0.15, 0.2) is 49.3 Å². The van der Waals surface area contributed by atoms with Gasteiger partial charge in [-0.05, 0) is 36.8 Å². The van der Waals surface area contributed by atoms with E-state index in [2.05, 4.69) is 21.9 Å². The molecule has 1 aromatic carbocycles. The number of amides is 1. The van der Waals surface area contributed by atoms with Gasteiger partial charge in [0.05, 0.1) is 16.2 Å². The normalized spacial score (nSPS) is 16.4. The van der Waals surface area contributed by atoms with Gasteiger partial charge in [0.25, 0.3) is 0 Å². The zero-order valence-electron chi connectivity index (χ0n) is 14.9. The smallest absolute Gasteiger partial charge is 0.245 e. The highest BCUT2D eigenvalue weighted by Crippen LogP contribution is 2.30. The van der Waals surface area contributed by atoms with Gasteiger partial charge in [0.15, 0.2) is 11.6 Å². The van der Waals surface area contributed by atoms with Gasteiger partial charge in [-0.2, -0.15) is 0 Å². The number of rotatable bonds is 4. The van der Waals surface area contributed by atoms with Crippen molar-refractivity contribution in [3.05, 3.63) is 65.8 Å². The van der Waals surface area contributed by atoms with Gasteiger partial charge in [-0.25, -0.2) is 19.3 Å². The quantitative estimate of drug-likeness (QED) is 0.672. The van der Waals surface area contributed by atoms with E-state index in [9.17, 15) is 9.18 Å². The molecule has 1 fully saturated rings. The molecular formula is C20H17ClFN5O. The van der Waals surface area contributed by atoms with Crippen molar-refractivity contribution < 1.29 is 9.18 Å². The maximum Gasteiger partial charge on any atom is 0.245 e. The Kier molecular flexibility index (Phi) is 4.92. The molecule has 1 atom stereocenters. The van der Waals surface area contributed by atoms with E-state index in [1.807, 2.05) is 12.1 Å². The van der Waals surface area contributed by atoms with Crippen molar-refractivity contribution >= 4 is 40.0 Å². The predicted molar refractivity (Wildman–Crippen MR) is 106 cm³/mol. The van der Waals surface area contributed by atoms with Crippen molar-refractivity contribution in [2.75, 3.05) is 18.4 Å². The van der Waals surface area contributed by atoms with Crippen LogP contribution in [0.5, 0.6) is 0 Å². The minimum Gasteiger partial charge on any atom is -0.338 e. The standard InChI is InChI=1S/C20H17ClFN5O/c1-2-17(28)27-9-8-12(10-27)14-6-7-16-19(25-14)20(24-11-23-16)26-15-5-3-4-13(21)18(15)22/h2-7,11-12H,1,8-10H2,(H,23,24,26)/t12-/m0/s1. The molecule has 0 bridgehead atoms. The molecule has 0 saturated carbocycles. The molecule has 1 saturated heterocycles. The Morgan fingerprint density at radius 2 is 2.18 bits per heavy atom. The Morgan fingerprint density at radius 1 is 1.32 bits per heavy atom. The maximum atomic E-state index is 14.3. The third-order valence-electron chi connectivity index (χ3n) is 4.80. The summed E-state index contributed by atoms with van der Waals surface area (Å²) in [5.74, 6) is -0.124. The lowest BCUT2D eigenvalue weighted by molar-refractivity contribution is -0.125. The summed E-state index contributed by atoms with van der Waals surface area (Å²) < 4.78 is 14.3. The number of benzene rings is 1. The first kappa shape index (κ1) is 18.3. The van der Waals surface area contributed by atoms with Crippen molar-refractivity contribution in [2.24, 2.45) is 0 Å². The molecule has 142 valence electrons. The number of carbonyl (C=O) groups is 1. The minimum absolute atomic E-state index is 0.0231. The third kappa shape index (κ3) is 3.41. The number of hydrogen-bond donors (Lipinski definition) is 1. The number of pyridine rings is 1. The lowest BCUT2D eigenvalue weighted by Gasteiger charge is -2.15. The van der Waals surface area contributed by atoms with Crippen molar-refractivity contribution in [3.8, 4) is 0 Å². The number of fused-ring (bicyclic) bond motifs is 1. The number of halogens is 2. The molecule has 3 aromatic rings. The van der Waals surface area contributed by atoms with Gasteiger partial charge in [-0.1, -0.05) is 24.2 Å². The predicted octanol–water partition coefficient (Wildman–Crippen LogP) is 4.06. The lowest BCUT2D eigenvalue weighted by Crippen LogP contribution is -2.26. The Balaban J connectivity index is 1.67. The van der Waals surface area contributed by atoms with Crippen LogP contribution >= 0.6 is 11.6 Å². The maximum absolute atomic E-state index is 14.3. The summed E-state index contributed by atoms with van der Waals surface area (Å²) in [7, 11) is 0. The average molecular weight is 398 g/mol. The molecule has 1 aliphatic rings. The van der Waals surface area contributed by atoms with E-state index in [0.717, 1.165) is 12.1 Å². The molecule has 0 aliphatic carbocycles. The second kappa shape index (κ2) is 7.52. The molecular weight excluding hydrogens is 381 g/mol. The fraction of sp³-hybridized carbons (Fsp3) is 0.200. The number of aromatic nitrogens is 3. The summed E-state index contributed by atoms with van der Waals surface area (Å²) >= 11 is 5.86. The first-order valence-electron chi connectivity index (χ1n) is 8.81. The van der Waals surface area contributed by atoms with Crippen molar-refractivity contribution in [1.82, 2.24) is 19.9 Å². The molecule has 8 heteroatoms. The molecule has 0 spiro atoms. The number of nitrogens with one attached hydrogen (secondary N) is 1. The second-order valence-corrected chi connectivity index (χ2v) is 6.93. The monoisotopic (exact) mass is 397 g/mol. The van der Waals surface area contributed by atoms with Crippen molar-refractivity contribution in [2.45, 2.75) is 12.3 Å². The molecule has 6 nitrogen and oxygen atoms in total. The molecule has 0 radical (unpaired) electrons. The average Bonchev–Trinajstić information content (AvgIpc) is 3.21. The van der Waals surface area contributed by atoms with Crippen LogP contribution in [0.2, 0.25) is 5.02 Å². The minimum atomic E-state index is -0.554. The topological polar surface area (TPSA) is 71.0 Å². The molecule has 2 aromatic heterocycles. The van der Waals surface area contributed by atoms with Crippen LogP contribution in [-0.2, 0) is 4.79 Å². The van der Waals surface area contributed by atoms with Crippen molar-refractivity contribution in [1.29, 1.82) is 0 Å². The summed E-state index contributed by atoms with van der Waals surface area (Å²) in [6.07, 6.45) is 3.54. The Hall–Kier alpha value is -3.06. The van der Waals surface area contributed by atoms with Gasteiger partial charge in [0.1, 0.15) is 11.8 Å². The van der Waals surface area contributed by atoms with Gasteiger partial charge >= 0.3 is 0 Å². The molecule has 0 unspecified atom stereocenters. The largest absolute Gasteiger partial charge is 0.338 e. The van der Waals surface area contributed by atoms with E-state index in [-0.39, 0.29) is 22.5 Å². The van der Waals surface area contributed by atoms with Crippen LogP contribution in [0.4, 0.5) is 15.9 Å². The van der Waals surface area contributed by atoms with Gasteiger partial charge in [0, 0.05) is 24.7 Å². The van der Waals surface area contributed by atoms with Crippen LogP contribution in [0, 0.1) is 5.82 Å². The zero-order chi connectivity index (χ0) is 19.7. The fourth-order valence-corrected chi connectivity index (χ4v) is 3.51. The number of anilines is 2. The first-order chi connectivity index (χ1) is 13.6. The Morgan fingerprint density at radius 3 is 3.00 bits per heavy atom. The highest BCUT2D eigenvalue weighted by atomic mass is 35.5. The van der Waals surface area contributed by atoms with Gasteiger partial charge in [0.2, 0.25) is 5.91 Å². The van der Waals surface area contributed by atoms with Gasteiger partial charge in [-0.3, -0.25) is 4.79 Å². The van der Waals surface area contributed by atoms with Gasteiger partial charge in [-0.15, -0.1) is 0 Å². The molecule has 28 heavy (non-hydrogen) atoms. The number of hydrogen-bond acceptors (Lipinski definition) is 5. The van der Waals surface area contributed by atoms with E-state index in [0.29, 0.717) is 29.9 Å². The molecule has 1 N–H and O–H groups in total. The fourth-order valence-electron chi connectivity index (χ4n) is 3.33. The zero-order valence-corrected chi connectivity index (χ0v) is 15.7. The number of likely N-dealkylation sites (tertiary alicyclic amines) is 1. The summed E-state index contributed by atoms with van der Waals surface area (Å²) in [6.45, 7) is 4.79. The number of nitrogens with zero attached hydrogens (tertiary/aromatic N) is 4. The van der Waals surface area contributed by atoms with E-state index < -0.39 is 5.82 Å². The summed E-state index contributed by atoms with van der Waals surface area (Å²) in [6, 6.07) is 8.48. The van der Waals surface area contributed by atoms with Crippen LogP contribution in [0.1, 0.15) is 18.0 Å². The van der Waals surface area contributed by atoms with E-state index in [4.69, 9.17) is 16.6 Å². The van der Waals surface area contributed by atoms with E-state index in [1.54, 1.807) is 17.0 Å². The van der Waals surface area contributed by atoms with E-state index >= 15 is 0 Å². The SMILES string of the molecule is C=CC(=O)N1CC[C@H](c2ccc3ncnc(Nc4cccc(Cl)c4F)c3n2)C1. The van der Waals surface area contributed by atoms with Crippen LogP contribution in [0.25, 0.3) is 11.0 Å². The second-order valence-electron chi connectivity index (χ2n) is 6.53. The van der Waals surface area contributed by atoms with Gasteiger partial charge < -0.3 is 10.2 Å². The van der Waals surface area contributed by atoms with Crippen molar-refractivity contribution in [3.63, 3.8) is 0 Å². The summed E-state index contributed by atoms with van der Waals surface area (Å²) in [4.78, 5) is 26.8. The molecule has 3 heterocycles. The summed E-state index contributed by atoms with van der Waals surface area (Å²) in [5.41, 5.74) is 2.23. The number of carbonyl (C=O) groups excluding carboxylic acids is 1. The van der Waals surface area contributed by atoms with Crippen LogP contribution in [0.3, 0.4) is 0 Å². The molecule has 1 amide bonds. The molecule has 1 aliphatic heterocycles. The molecule has 4 rings (SSSR count). The lowest BCUT2D eigenvalue weighted by atomic mass is 10.0. The van der Waals surface area contributed by atoms with Crippen LogP contribution in [-0.4, -0.2) is 38.8 Å². The van der Waals surface area contributed by atoms with E-state index in [1.165, 1.54) is 18.5 Å². The van der Waals surface area contributed by atoms with Crippen LogP contribution < -0.4 is 5.32 Å². The first-order valence-corrected chi connectivity index (χ1v) is 9.18. The third-order valence-corrected chi connectivity index (χ3v) is 5.09. The Bertz CT molecular complexity index is 1070. The highest BCUT2D eigenvalue weighted by molar-refractivity contribution is 6.31. The summed E-state index contributed by atoms with van der Waals surface area (Å²) in [5, 5.41) is 2.98. The highest BCUT2D eigenvalue weighted by Gasteiger charge is 2.27.